The monoisotopic (exact) mass is 460 g/mol. The molecule has 1 aromatic heterocycles. The van der Waals surface area contributed by atoms with Gasteiger partial charge in [-0.05, 0) is 25.3 Å². The van der Waals surface area contributed by atoms with Crippen molar-refractivity contribution in [2.24, 2.45) is 11.3 Å². The molecule has 3 aliphatic rings. The van der Waals surface area contributed by atoms with Gasteiger partial charge in [-0.1, -0.05) is 34.6 Å². The first-order chi connectivity index (χ1) is 15.5. The summed E-state index contributed by atoms with van der Waals surface area (Å²) >= 11 is 0. The van der Waals surface area contributed by atoms with Crippen molar-refractivity contribution >= 4 is 17.9 Å². The number of carbonyl (C=O) groups excluding carboxylic acids is 3. The van der Waals surface area contributed by atoms with Crippen molar-refractivity contribution in [3.05, 3.63) is 33.4 Å². The molecule has 2 heterocycles. The third-order valence-electron chi connectivity index (χ3n) is 7.79. The average molecular weight is 461 g/mol. The predicted molar refractivity (Wildman–Crippen MR) is 116 cm³/mol. The second-order valence-electron chi connectivity index (χ2n) is 10.1. The fourth-order valence-corrected chi connectivity index (χ4v) is 6.21. The van der Waals surface area contributed by atoms with Gasteiger partial charge in [0.05, 0.1) is 5.41 Å². The standard InChI is InChI=1S/C25H32O8/c1-7-15(26)30-14-9-10-24(5)22-21(33-23(24)29)20(31-16(27)8-2)18-13(25(14,22)6)11-17(28)32-19(18)12(3)4/h11-12,14,20-22H,7-10H2,1-6H3/t14-,20-,21-,22+,24+,25+/m1/s1. The van der Waals surface area contributed by atoms with E-state index in [0.717, 1.165) is 0 Å². The number of hydrogen-bond donors (Lipinski definition) is 0. The normalized spacial score (nSPS) is 34.3. The number of esters is 3. The Kier molecular flexibility index (Phi) is 5.69. The van der Waals surface area contributed by atoms with Crippen molar-refractivity contribution in [1.82, 2.24) is 0 Å². The van der Waals surface area contributed by atoms with Gasteiger partial charge in [-0.25, -0.2) is 4.79 Å². The molecule has 0 amide bonds. The zero-order chi connectivity index (χ0) is 24.3. The predicted octanol–water partition coefficient (Wildman–Crippen LogP) is 3.69. The summed E-state index contributed by atoms with van der Waals surface area (Å²) in [4.78, 5) is 50.7. The highest BCUT2D eigenvalue weighted by Crippen LogP contribution is 2.65. The summed E-state index contributed by atoms with van der Waals surface area (Å²) in [5, 5.41) is 0. The topological polar surface area (TPSA) is 109 Å². The largest absolute Gasteiger partial charge is 0.461 e. The van der Waals surface area contributed by atoms with Crippen LogP contribution in [-0.4, -0.2) is 30.1 Å². The van der Waals surface area contributed by atoms with E-state index in [1.807, 2.05) is 27.7 Å². The first-order valence-corrected chi connectivity index (χ1v) is 11.8. The molecule has 0 N–H and O–H groups in total. The van der Waals surface area contributed by atoms with Crippen LogP contribution in [0.2, 0.25) is 0 Å². The molecular formula is C25H32O8. The molecular weight excluding hydrogens is 428 g/mol. The van der Waals surface area contributed by atoms with Gasteiger partial charge in [0.25, 0.3) is 0 Å². The number of rotatable bonds is 5. The molecule has 1 saturated carbocycles. The van der Waals surface area contributed by atoms with Gasteiger partial charge in [0.1, 0.15) is 18.0 Å². The van der Waals surface area contributed by atoms with E-state index in [-0.39, 0.29) is 30.7 Å². The van der Waals surface area contributed by atoms with E-state index < -0.39 is 46.7 Å². The molecule has 8 nitrogen and oxygen atoms in total. The molecule has 6 atom stereocenters. The van der Waals surface area contributed by atoms with Crippen molar-refractivity contribution in [3.63, 3.8) is 0 Å². The van der Waals surface area contributed by atoms with Crippen molar-refractivity contribution in [2.75, 3.05) is 0 Å². The molecule has 2 aliphatic carbocycles. The van der Waals surface area contributed by atoms with E-state index in [0.29, 0.717) is 29.7 Å². The highest BCUT2D eigenvalue weighted by molar-refractivity contribution is 5.81. The molecule has 1 aliphatic heterocycles. The maximum absolute atomic E-state index is 13.2. The lowest BCUT2D eigenvalue weighted by atomic mass is 9.48. The molecule has 0 unspecified atom stereocenters. The van der Waals surface area contributed by atoms with Crippen LogP contribution in [0.4, 0.5) is 0 Å². The Balaban J connectivity index is 2.03. The van der Waals surface area contributed by atoms with Gasteiger partial charge in [0.2, 0.25) is 0 Å². The minimum absolute atomic E-state index is 0.149. The van der Waals surface area contributed by atoms with Crippen molar-refractivity contribution in [1.29, 1.82) is 0 Å². The molecule has 0 radical (unpaired) electrons. The first-order valence-electron chi connectivity index (χ1n) is 11.8. The van der Waals surface area contributed by atoms with Gasteiger partial charge in [-0.15, -0.1) is 0 Å². The van der Waals surface area contributed by atoms with Gasteiger partial charge in [-0.2, -0.15) is 0 Å². The lowest BCUT2D eigenvalue weighted by molar-refractivity contribution is -0.172. The highest BCUT2D eigenvalue weighted by atomic mass is 16.6. The van der Waals surface area contributed by atoms with Crippen LogP contribution in [0.5, 0.6) is 0 Å². The molecule has 0 aromatic carbocycles. The van der Waals surface area contributed by atoms with Crippen LogP contribution in [0.15, 0.2) is 15.3 Å². The van der Waals surface area contributed by atoms with E-state index in [9.17, 15) is 19.2 Å². The van der Waals surface area contributed by atoms with E-state index in [1.54, 1.807) is 13.8 Å². The van der Waals surface area contributed by atoms with E-state index in [2.05, 4.69) is 0 Å². The summed E-state index contributed by atoms with van der Waals surface area (Å²) < 4.78 is 23.3. The smallest absolute Gasteiger partial charge is 0.336 e. The van der Waals surface area contributed by atoms with Crippen LogP contribution in [0.25, 0.3) is 0 Å². The van der Waals surface area contributed by atoms with Crippen LogP contribution in [0.3, 0.4) is 0 Å². The Labute approximate surface area is 193 Å². The molecule has 33 heavy (non-hydrogen) atoms. The van der Waals surface area contributed by atoms with Crippen LogP contribution >= 0.6 is 0 Å². The molecule has 8 heteroatoms. The third kappa shape index (κ3) is 3.32. The fourth-order valence-electron chi connectivity index (χ4n) is 6.21. The Hall–Kier alpha value is -2.64. The summed E-state index contributed by atoms with van der Waals surface area (Å²) in [7, 11) is 0. The molecule has 4 rings (SSSR count). The summed E-state index contributed by atoms with van der Waals surface area (Å²) in [6.07, 6.45) is -0.966. The third-order valence-corrected chi connectivity index (χ3v) is 7.79. The van der Waals surface area contributed by atoms with Crippen LogP contribution in [-0.2, 0) is 34.0 Å². The lowest BCUT2D eigenvalue weighted by Crippen LogP contribution is -2.61. The maximum Gasteiger partial charge on any atom is 0.336 e. The summed E-state index contributed by atoms with van der Waals surface area (Å²) in [6.45, 7) is 11.0. The molecule has 0 spiro atoms. The Bertz CT molecular complexity index is 1050. The first kappa shape index (κ1) is 23.5. The van der Waals surface area contributed by atoms with E-state index in [4.69, 9.17) is 18.6 Å². The zero-order valence-electron chi connectivity index (χ0n) is 20.1. The lowest BCUT2D eigenvalue weighted by Gasteiger charge is -2.55. The second-order valence-corrected chi connectivity index (χ2v) is 10.1. The quantitative estimate of drug-likeness (QED) is 0.483. The summed E-state index contributed by atoms with van der Waals surface area (Å²) in [6, 6.07) is 1.41. The van der Waals surface area contributed by atoms with Gasteiger partial charge < -0.3 is 18.6 Å². The van der Waals surface area contributed by atoms with Crippen molar-refractivity contribution in [3.8, 4) is 0 Å². The van der Waals surface area contributed by atoms with Gasteiger partial charge >= 0.3 is 23.5 Å². The Morgan fingerprint density at radius 1 is 1.12 bits per heavy atom. The van der Waals surface area contributed by atoms with Crippen LogP contribution in [0.1, 0.15) is 96.1 Å². The van der Waals surface area contributed by atoms with E-state index in [1.165, 1.54) is 6.07 Å². The highest BCUT2D eigenvalue weighted by Gasteiger charge is 2.71. The maximum atomic E-state index is 13.2. The molecule has 0 bridgehead atoms. The minimum atomic E-state index is -0.904. The number of carbonyl (C=O) groups is 3. The van der Waals surface area contributed by atoms with Gasteiger partial charge in [0, 0.05) is 41.7 Å². The zero-order valence-corrected chi connectivity index (χ0v) is 20.1. The molecule has 1 saturated heterocycles. The number of hydrogen-bond acceptors (Lipinski definition) is 8. The second kappa shape index (κ2) is 7.99. The molecule has 1 aromatic rings. The number of ether oxygens (including phenoxy) is 3. The van der Waals surface area contributed by atoms with Crippen molar-refractivity contribution in [2.45, 2.75) is 96.9 Å². The van der Waals surface area contributed by atoms with E-state index >= 15 is 0 Å². The van der Waals surface area contributed by atoms with Crippen LogP contribution in [0, 0.1) is 11.3 Å². The summed E-state index contributed by atoms with van der Waals surface area (Å²) in [5.41, 5.74) is -1.14. The number of fused-ring (bicyclic) bond motifs is 2. The Morgan fingerprint density at radius 3 is 2.36 bits per heavy atom. The van der Waals surface area contributed by atoms with Crippen LogP contribution < -0.4 is 5.63 Å². The summed E-state index contributed by atoms with van der Waals surface area (Å²) in [5.74, 6) is -1.41. The molecule has 180 valence electrons. The minimum Gasteiger partial charge on any atom is -0.461 e. The Morgan fingerprint density at radius 2 is 1.76 bits per heavy atom. The SMILES string of the molecule is CCC(=O)O[C@@H]1c2c(cc(=O)oc2C(C)C)[C@]2(C)[C@H]3[C@@H]1OC(=O)[C@@]3(C)CC[C@H]2OC(=O)CC. The average Bonchev–Trinajstić information content (AvgIpc) is 3.04. The van der Waals surface area contributed by atoms with Crippen molar-refractivity contribution < 1.29 is 33.0 Å². The fraction of sp³-hybridized carbons (Fsp3) is 0.680. The molecule has 2 fully saturated rings. The van der Waals surface area contributed by atoms with Gasteiger partial charge in [0.15, 0.2) is 6.10 Å². The van der Waals surface area contributed by atoms with Gasteiger partial charge in [-0.3, -0.25) is 14.4 Å².